The molecule has 0 radical (unpaired) electrons. The lowest BCUT2D eigenvalue weighted by molar-refractivity contribution is 0.00578. The van der Waals surface area contributed by atoms with E-state index in [4.69, 9.17) is 9.31 Å². The Kier molecular flexibility index (Phi) is 4.45. The summed E-state index contributed by atoms with van der Waals surface area (Å²) in [5.74, 6) is 1.39. The Morgan fingerprint density at radius 2 is 1.60 bits per heavy atom. The Hall–Kier alpha value is -0.795. The Labute approximate surface area is 154 Å². The standard InChI is InChI=1S/C22H35BO2/c1-10-16-13-20(4,5)18-12-19(14(2)11-17(18)15(16)3)23-24-21(6,7)22(8,9)25-23/h11-12,15-16H,10,13H2,1-9H3. The lowest BCUT2D eigenvalue weighted by Crippen LogP contribution is -2.41. The Morgan fingerprint density at radius 3 is 2.12 bits per heavy atom. The van der Waals surface area contributed by atoms with E-state index in [0.29, 0.717) is 5.92 Å². The monoisotopic (exact) mass is 342 g/mol. The third-order valence-corrected chi connectivity index (χ3v) is 7.17. The lowest BCUT2D eigenvalue weighted by atomic mass is 9.61. The summed E-state index contributed by atoms with van der Waals surface area (Å²) < 4.78 is 12.7. The third-order valence-electron chi connectivity index (χ3n) is 7.17. The van der Waals surface area contributed by atoms with E-state index in [-0.39, 0.29) is 23.7 Å². The molecule has 25 heavy (non-hydrogen) atoms. The molecule has 0 N–H and O–H groups in total. The van der Waals surface area contributed by atoms with Crippen LogP contribution in [0, 0.1) is 12.8 Å². The van der Waals surface area contributed by atoms with Crippen molar-refractivity contribution in [2.75, 3.05) is 0 Å². The summed E-state index contributed by atoms with van der Waals surface area (Å²) in [6.07, 6.45) is 2.51. The topological polar surface area (TPSA) is 18.5 Å². The van der Waals surface area contributed by atoms with Crippen LogP contribution in [0.4, 0.5) is 0 Å². The maximum atomic E-state index is 6.34. The smallest absolute Gasteiger partial charge is 0.399 e. The first-order chi connectivity index (χ1) is 11.4. The molecule has 1 saturated heterocycles. The van der Waals surface area contributed by atoms with Crippen molar-refractivity contribution < 1.29 is 9.31 Å². The molecule has 0 saturated carbocycles. The summed E-state index contributed by atoms with van der Waals surface area (Å²) in [4.78, 5) is 0. The van der Waals surface area contributed by atoms with E-state index in [1.54, 1.807) is 0 Å². The molecule has 1 aromatic rings. The van der Waals surface area contributed by atoms with Gasteiger partial charge in [-0.25, -0.2) is 0 Å². The van der Waals surface area contributed by atoms with E-state index in [1.807, 2.05) is 0 Å². The molecular weight excluding hydrogens is 307 g/mol. The summed E-state index contributed by atoms with van der Waals surface area (Å²) >= 11 is 0. The van der Waals surface area contributed by atoms with Gasteiger partial charge in [0.25, 0.3) is 0 Å². The fourth-order valence-corrected chi connectivity index (χ4v) is 4.63. The Balaban J connectivity index is 2.06. The highest BCUT2D eigenvalue weighted by Gasteiger charge is 2.52. The van der Waals surface area contributed by atoms with Crippen LogP contribution in [-0.2, 0) is 14.7 Å². The molecule has 2 unspecified atom stereocenters. The minimum Gasteiger partial charge on any atom is -0.399 e. The third kappa shape index (κ3) is 2.98. The molecule has 2 atom stereocenters. The van der Waals surface area contributed by atoms with Crippen molar-refractivity contribution in [1.29, 1.82) is 0 Å². The summed E-state index contributed by atoms with van der Waals surface area (Å²) in [7, 11) is -0.273. The fraction of sp³-hybridized carbons (Fsp3) is 0.727. The molecule has 3 rings (SSSR count). The van der Waals surface area contributed by atoms with Crippen LogP contribution in [0.25, 0.3) is 0 Å². The average Bonchev–Trinajstić information content (AvgIpc) is 2.70. The summed E-state index contributed by atoms with van der Waals surface area (Å²) in [6, 6.07) is 4.79. The van der Waals surface area contributed by atoms with Crippen LogP contribution in [0.1, 0.15) is 90.8 Å². The molecule has 0 aromatic heterocycles. The van der Waals surface area contributed by atoms with E-state index < -0.39 is 0 Å². The summed E-state index contributed by atoms with van der Waals surface area (Å²) in [5.41, 5.74) is 5.12. The van der Waals surface area contributed by atoms with Crippen molar-refractivity contribution in [1.82, 2.24) is 0 Å². The number of rotatable bonds is 2. The minimum atomic E-state index is -0.296. The van der Waals surface area contributed by atoms with Crippen molar-refractivity contribution >= 4 is 12.6 Å². The molecule has 1 heterocycles. The number of hydrogen-bond acceptors (Lipinski definition) is 2. The van der Waals surface area contributed by atoms with Gasteiger partial charge in [0.1, 0.15) is 0 Å². The Bertz CT molecular complexity index is 659. The first kappa shape index (κ1) is 19.0. The van der Waals surface area contributed by atoms with Crippen LogP contribution in [0.15, 0.2) is 12.1 Å². The van der Waals surface area contributed by atoms with Crippen molar-refractivity contribution in [2.45, 2.75) is 97.7 Å². The van der Waals surface area contributed by atoms with E-state index in [2.05, 4.69) is 74.4 Å². The lowest BCUT2D eigenvalue weighted by Gasteiger charge is -2.42. The predicted molar refractivity (Wildman–Crippen MR) is 107 cm³/mol. The SMILES string of the molecule is CCC1CC(C)(C)c2cc(B3OC(C)(C)C(C)(C)O3)c(C)cc2C1C. The summed E-state index contributed by atoms with van der Waals surface area (Å²) in [6.45, 7) is 20.2. The molecule has 1 aromatic carbocycles. The molecule has 2 aliphatic rings. The predicted octanol–water partition coefficient (Wildman–Crippen LogP) is 5.11. The zero-order valence-electron chi connectivity index (χ0n) is 17.6. The van der Waals surface area contributed by atoms with Gasteiger partial charge in [0.15, 0.2) is 0 Å². The van der Waals surface area contributed by atoms with Gasteiger partial charge in [0.05, 0.1) is 11.2 Å². The van der Waals surface area contributed by atoms with E-state index >= 15 is 0 Å². The molecule has 1 aliphatic carbocycles. The highest BCUT2D eigenvalue weighted by molar-refractivity contribution is 6.62. The van der Waals surface area contributed by atoms with Crippen LogP contribution in [0.3, 0.4) is 0 Å². The second kappa shape index (κ2) is 5.86. The van der Waals surface area contributed by atoms with Crippen molar-refractivity contribution in [3.8, 4) is 0 Å². The highest BCUT2D eigenvalue weighted by Crippen LogP contribution is 2.47. The van der Waals surface area contributed by atoms with Crippen molar-refractivity contribution in [3.63, 3.8) is 0 Å². The van der Waals surface area contributed by atoms with Gasteiger partial charge in [-0.05, 0) is 74.9 Å². The van der Waals surface area contributed by atoms with Gasteiger partial charge < -0.3 is 9.31 Å². The fourth-order valence-electron chi connectivity index (χ4n) is 4.63. The zero-order chi connectivity index (χ0) is 18.8. The average molecular weight is 342 g/mol. The van der Waals surface area contributed by atoms with E-state index in [0.717, 1.165) is 5.92 Å². The maximum Gasteiger partial charge on any atom is 0.495 e. The number of benzene rings is 1. The second-order valence-corrected chi connectivity index (χ2v) is 9.93. The van der Waals surface area contributed by atoms with Crippen LogP contribution in [-0.4, -0.2) is 18.3 Å². The van der Waals surface area contributed by atoms with Gasteiger partial charge in [-0.15, -0.1) is 0 Å². The molecule has 1 aliphatic heterocycles. The van der Waals surface area contributed by atoms with Crippen LogP contribution in [0.5, 0.6) is 0 Å². The van der Waals surface area contributed by atoms with Crippen LogP contribution in [0.2, 0.25) is 0 Å². The molecule has 0 bridgehead atoms. The number of fused-ring (bicyclic) bond motifs is 1. The van der Waals surface area contributed by atoms with Gasteiger partial charge in [-0.3, -0.25) is 0 Å². The number of aryl methyl sites for hydroxylation is 1. The van der Waals surface area contributed by atoms with Gasteiger partial charge in [0.2, 0.25) is 0 Å². The summed E-state index contributed by atoms with van der Waals surface area (Å²) in [5, 5.41) is 0. The molecule has 1 fully saturated rings. The van der Waals surface area contributed by atoms with Gasteiger partial charge in [-0.2, -0.15) is 0 Å². The van der Waals surface area contributed by atoms with Gasteiger partial charge in [0, 0.05) is 0 Å². The maximum absolute atomic E-state index is 6.34. The zero-order valence-corrected chi connectivity index (χ0v) is 17.6. The second-order valence-electron chi connectivity index (χ2n) is 9.93. The Morgan fingerprint density at radius 1 is 1.04 bits per heavy atom. The minimum absolute atomic E-state index is 0.203. The van der Waals surface area contributed by atoms with E-state index in [1.165, 1.54) is 35.0 Å². The van der Waals surface area contributed by atoms with Crippen molar-refractivity contribution in [2.24, 2.45) is 5.92 Å². The number of hydrogen-bond donors (Lipinski definition) is 0. The molecule has 3 heteroatoms. The molecule has 0 amide bonds. The quantitative estimate of drug-likeness (QED) is 0.696. The van der Waals surface area contributed by atoms with Gasteiger partial charge >= 0.3 is 7.12 Å². The molecular formula is C22H35BO2. The first-order valence-corrected chi connectivity index (χ1v) is 9.90. The highest BCUT2D eigenvalue weighted by atomic mass is 16.7. The normalized spacial score (nSPS) is 29.6. The van der Waals surface area contributed by atoms with Crippen molar-refractivity contribution in [3.05, 3.63) is 28.8 Å². The van der Waals surface area contributed by atoms with Crippen LogP contribution < -0.4 is 5.46 Å². The van der Waals surface area contributed by atoms with E-state index in [9.17, 15) is 0 Å². The molecule has 0 spiro atoms. The largest absolute Gasteiger partial charge is 0.495 e. The van der Waals surface area contributed by atoms with Crippen LogP contribution >= 0.6 is 0 Å². The first-order valence-electron chi connectivity index (χ1n) is 9.90. The molecule has 138 valence electrons. The molecule has 2 nitrogen and oxygen atoms in total. The van der Waals surface area contributed by atoms with Gasteiger partial charge in [-0.1, -0.05) is 51.8 Å².